The van der Waals surface area contributed by atoms with Gasteiger partial charge in [0.1, 0.15) is 24.3 Å². The van der Waals surface area contributed by atoms with Gasteiger partial charge < -0.3 is 29.7 Å². The lowest BCUT2D eigenvalue weighted by molar-refractivity contribution is 0.0528. The minimum absolute atomic E-state index is 0.0205. The normalized spacial score (nSPS) is 12.3. The van der Waals surface area contributed by atoms with E-state index in [1.165, 1.54) is 0 Å². The van der Waals surface area contributed by atoms with E-state index in [-0.39, 0.29) is 13.2 Å². The lowest BCUT2D eigenvalue weighted by atomic mass is 10.2. The molecule has 2 aliphatic rings. The smallest absolute Gasteiger partial charge is 0.161 e. The van der Waals surface area contributed by atoms with Gasteiger partial charge in [-0.3, -0.25) is 10.2 Å². The molecule has 1 unspecified atom stereocenters. The fourth-order valence-electron chi connectivity index (χ4n) is 3.26. The highest BCUT2D eigenvalue weighted by molar-refractivity contribution is 6.05. The standard InChI is InChI=1S/C21H23N3O5/c1-27-15-5-3-4-13(8-15)22-21-17-6-12-7-19(29-11-14(26)10-25)18(28-2)9-16(12)20(17)23-24-21/h3-9,14,22-26H,10-11H2,1-2H3. The van der Waals surface area contributed by atoms with Crippen LogP contribution in [0.25, 0.3) is 22.0 Å². The Bertz CT molecular complexity index is 1090. The predicted molar refractivity (Wildman–Crippen MR) is 111 cm³/mol. The van der Waals surface area contributed by atoms with Crippen molar-refractivity contribution in [1.82, 2.24) is 10.2 Å². The third-order valence-corrected chi connectivity index (χ3v) is 4.74. The van der Waals surface area contributed by atoms with Crippen LogP contribution in [-0.2, 0) is 0 Å². The number of methoxy groups -OCH3 is 2. The molecule has 8 heteroatoms. The second-order valence-corrected chi connectivity index (χ2v) is 6.65. The zero-order valence-electron chi connectivity index (χ0n) is 16.2. The molecule has 0 aromatic heterocycles. The molecule has 0 amide bonds. The Kier molecular flexibility index (Phi) is 5.20. The molecule has 1 aliphatic carbocycles. The molecular formula is C21H23N3O5. The summed E-state index contributed by atoms with van der Waals surface area (Å²) in [7, 11) is 3.20. The van der Waals surface area contributed by atoms with E-state index >= 15 is 0 Å². The molecule has 1 atom stereocenters. The lowest BCUT2D eigenvalue weighted by Gasteiger charge is -2.13. The number of H-pyrrole nitrogens is 2. The predicted octanol–water partition coefficient (Wildman–Crippen LogP) is 3.09. The molecule has 1 aliphatic heterocycles. The van der Waals surface area contributed by atoms with Gasteiger partial charge in [0.2, 0.25) is 0 Å². The molecule has 5 N–H and O–H groups in total. The van der Waals surface area contributed by atoms with E-state index in [4.69, 9.17) is 19.3 Å². The van der Waals surface area contributed by atoms with Gasteiger partial charge in [0.25, 0.3) is 0 Å². The third kappa shape index (κ3) is 3.67. The van der Waals surface area contributed by atoms with Gasteiger partial charge in [0.05, 0.1) is 26.5 Å². The number of ether oxygens (including phenoxy) is 3. The fourth-order valence-corrected chi connectivity index (χ4v) is 3.26. The van der Waals surface area contributed by atoms with Crippen molar-refractivity contribution in [2.24, 2.45) is 0 Å². The Balaban J connectivity index is 1.67. The van der Waals surface area contributed by atoms with Gasteiger partial charge in [-0.05, 0) is 35.7 Å². The Morgan fingerprint density at radius 1 is 1.03 bits per heavy atom. The Morgan fingerprint density at radius 2 is 1.90 bits per heavy atom. The number of hydrogen-bond acceptors (Lipinski definition) is 6. The molecule has 0 bridgehead atoms. The molecule has 2 aromatic rings. The second kappa shape index (κ2) is 7.94. The highest BCUT2D eigenvalue weighted by Crippen LogP contribution is 2.43. The molecule has 0 radical (unpaired) electrons. The van der Waals surface area contributed by atoms with E-state index in [1.54, 1.807) is 14.2 Å². The molecule has 152 valence electrons. The Labute approximate surface area is 167 Å². The van der Waals surface area contributed by atoms with Crippen molar-refractivity contribution in [3.05, 3.63) is 42.5 Å². The first kappa shape index (κ1) is 19.0. The van der Waals surface area contributed by atoms with E-state index in [1.807, 2.05) is 42.5 Å². The van der Waals surface area contributed by atoms with Crippen LogP contribution in [0.15, 0.2) is 42.5 Å². The van der Waals surface area contributed by atoms with E-state index < -0.39 is 6.10 Å². The molecule has 0 fully saturated rings. The number of nitrogens with one attached hydrogen (secondary N) is 3. The summed E-state index contributed by atoms with van der Waals surface area (Å²) in [5, 5.41) is 30.2. The number of aliphatic hydroxyl groups excluding tert-OH is 2. The molecule has 0 saturated carbocycles. The third-order valence-electron chi connectivity index (χ3n) is 4.74. The minimum atomic E-state index is -0.946. The summed E-state index contributed by atoms with van der Waals surface area (Å²) >= 11 is 0. The van der Waals surface area contributed by atoms with Crippen LogP contribution >= 0.6 is 0 Å². The first-order chi connectivity index (χ1) is 14.1. The van der Waals surface area contributed by atoms with Gasteiger partial charge in [-0.1, -0.05) is 6.07 Å². The first-order valence-corrected chi connectivity index (χ1v) is 9.16. The van der Waals surface area contributed by atoms with Crippen LogP contribution < -0.4 is 19.5 Å². The summed E-state index contributed by atoms with van der Waals surface area (Å²) < 4.78 is 16.3. The van der Waals surface area contributed by atoms with Crippen LogP contribution in [-0.4, -0.2) is 53.9 Å². The Hall–Kier alpha value is -3.36. The summed E-state index contributed by atoms with van der Waals surface area (Å²) in [6, 6.07) is 13.5. The maximum Gasteiger partial charge on any atom is 0.161 e. The van der Waals surface area contributed by atoms with Crippen molar-refractivity contribution < 1.29 is 24.4 Å². The van der Waals surface area contributed by atoms with E-state index in [0.29, 0.717) is 11.5 Å². The van der Waals surface area contributed by atoms with Crippen LogP contribution in [0, 0.1) is 0 Å². The molecular weight excluding hydrogens is 374 g/mol. The van der Waals surface area contributed by atoms with Gasteiger partial charge in [0, 0.05) is 22.7 Å². The number of fused-ring (bicyclic) bond motifs is 3. The second-order valence-electron chi connectivity index (χ2n) is 6.65. The maximum atomic E-state index is 9.55. The van der Waals surface area contributed by atoms with Gasteiger partial charge in [-0.2, -0.15) is 0 Å². The first-order valence-electron chi connectivity index (χ1n) is 9.16. The molecule has 29 heavy (non-hydrogen) atoms. The largest absolute Gasteiger partial charge is 0.497 e. The quantitative estimate of drug-likeness (QED) is 0.312. The van der Waals surface area contributed by atoms with Crippen molar-refractivity contribution >= 4 is 22.3 Å². The summed E-state index contributed by atoms with van der Waals surface area (Å²) in [5.41, 5.74) is 2.81. The van der Waals surface area contributed by atoms with Crippen LogP contribution in [0.2, 0.25) is 0 Å². The average Bonchev–Trinajstić information content (AvgIpc) is 3.30. The molecule has 0 spiro atoms. The van der Waals surface area contributed by atoms with E-state index in [2.05, 4.69) is 15.5 Å². The molecule has 1 heterocycles. The van der Waals surface area contributed by atoms with Gasteiger partial charge in [0.15, 0.2) is 11.5 Å². The van der Waals surface area contributed by atoms with Crippen molar-refractivity contribution in [3.8, 4) is 28.5 Å². The van der Waals surface area contributed by atoms with Crippen LogP contribution in [0.5, 0.6) is 17.2 Å². The molecule has 0 saturated heterocycles. The zero-order chi connectivity index (χ0) is 20.4. The number of aromatic nitrogens is 2. The molecule has 2 aromatic carbocycles. The maximum absolute atomic E-state index is 9.55. The highest BCUT2D eigenvalue weighted by Gasteiger charge is 2.20. The van der Waals surface area contributed by atoms with Crippen molar-refractivity contribution in [2.75, 3.05) is 32.8 Å². The summed E-state index contributed by atoms with van der Waals surface area (Å²) in [5.74, 6) is 2.64. The Morgan fingerprint density at radius 3 is 2.66 bits per heavy atom. The van der Waals surface area contributed by atoms with Crippen LogP contribution in [0.3, 0.4) is 0 Å². The molecule has 4 rings (SSSR count). The topological polar surface area (TPSA) is 112 Å². The summed E-state index contributed by atoms with van der Waals surface area (Å²) in [6.07, 6.45) is -0.946. The van der Waals surface area contributed by atoms with Crippen LogP contribution in [0.4, 0.5) is 11.5 Å². The zero-order valence-corrected chi connectivity index (χ0v) is 16.2. The average molecular weight is 397 g/mol. The minimum Gasteiger partial charge on any atom is -0.497 e. The van der Waals surface area contributed by atoms with Crippen molar-refractivity contribution in [1.29, 1.82) is 0 Å². The number of benzene rings is 2. The number of aliphatic hydroxyl groups is 2. The summed E-state index contributed by atoms with van der Waals surface area (Å²) in [4.78, 5) is 0. The van der Waals surface area contributed by atoms with Gasteiger partial charge >= 0.3 is 0 Å². The lowest BCUT2D eigenvalue weighted by Crippen LogP contribution is -2.21. The SMILES string of the molecule is COc1cccc(Nc2[nH][nH]c3c4cc(OC)c(OCC(O)CO)cc4cc2-3)c1. The van der Waals surface area contributed by atoms with Gasteiger partial charge in [-0.25, -0.2) is 0 Å². The van der Waals surface area contributed by atoms with E-state index in [0.717, 1.165) is 39.3 Å². The highest BCUT2D eigenvalue weighted by atomic mass is 16.5. The number of aromatic amines is 2. The van der Waals surface area contributed by atoms with E-state index in [9.17, 15) is 5.11 Å². The van der Waals surface area contributed by atoms with Crippen LogP contribution in [0.1, 0.15) is 0 Å². The van der Waals surface area contributed by atoms with Gasteiger partial charge in [-0.15, -0.1) is 0 Å². The summed E-state index contributed by atoms with van der Waals surface area (Å²) in [6.45, 7) is -0.382. The number of rotatable bonds is 8. The van der Waals surface area contributed by atoms with Crippen molar-refractivity contribution in [3.63, 3.8) is 0 Å². The van der Waals surface area contributed by atoms with Crippen molar-refractivity contribution in [2.45, 2.75) is 6.10 Å². The monoisotopic (exact) mass is 397 g/mol. The number of anilines is 2. The fraction of sp³-hybridized carbons (Fsp3) is 0.238. The number of hydrogen-bond donors (Lipinski definition) is 5. The molecule has 8 nitrogen and oxygen atoms in total.